The third kappa shape index (κ3) is 3.18. The van der Waals surface area contributed by atoms with E-state index in [4.69, 9.17) is 11.6 Å². The monoisotopic (exact) mass is 292 g/mol. The molecule has 7 nitrogen and oxygen atoms in total. The summed E-state index contributed by atoms with van der Waals surface area (Å²) in [5.74, 6) is 0.273. The van der Waals surface area contributed by atoms with E-state index >= 15 is 0 Å². The molecule has 0 aliphatic rings. The third-order valence-electron chi connectivity index (χ3n) is 2.63. The molecule has 8 heteroatoms. The van der Waals surface area contributed by atoms with Crippen LogP contribution in [0.3, 0.4) is 0 Å². The highest BCUT2D eigenvalue weighted by Gasteiger charge is 2.11. The maximum atomic E-state index is 12.1. The molecule has 0 atom stereocenters. The lowest BCUT2D eigenvalue weighted by Gasteiger charge is -2.06. The van der Waals surface area contributed by atoms with Gasteiger partial charge in [0.15, 0.2) is 0 Å². The van der Waals surface area contributed by atoms with Gasteiger partial charge in [-0.3, -0.25) is 10.1 Å². The van der Waals surface area contributed by atoms with E-state index in [1.54, 1.807) is 27.0 Å². The summed E-state index contributed by atoms with van der Waals surface area (Å²) in [4.78, 5) is 20.2. The van der Waals surface area contributed by atoms with Crippen molar-refractivity contribution in [2.45, 2.75) is 13.8 Å². The van der Waals surface area contributed by atoms with Crippen molar-refractivity contribution in [2.24, 2.45) is 0 Å². The first-order valence-electron chi connectivity index (χ1n) is 5.84. The van der Waals surface area contributed by atoms with Crippen molar-refractivity contribution in [3.05, 3.63) is 34.2 Å². The fourth-order valence-corrected chi connectivity index (χ4v) is 1.65. The van der Waals surface area contributed by atoms with Gasteiger partial charge in [-0.15, -0.1) is 5.10 Å². The smallest absolute Gasteiger partial charge is 0.258 e. The summed E-state index contributed by atoms with van der Waals surface area (Å²) >= 11 is 5.85. The van der Waals surface area contributed by atoms with Crippen molar-refractivity contribution >= 4 is 29.3 Å². The Balaban J connectivity index is 2.23. The minimum atomic E-state index is -0.379. The number of halogens is 1. The second-order valence-electron chi connectivity index (χ2n) is 4.07. The number of carbonyl (C=O) groups is 1. The number of aromatic nitrogens is 4. The lowest BCUT2D eigenvalue weighted by molar-refractivity contribution is 0.102. The van der Waals surface area contributed by atoms with Crippen LogP contribution >= 0.6 is 11.6 Å². The molecule has 0 fully saturated rings. The fourth-order valence-electron chi connectivity index (χ4n) is 1.44. The zero-order chi connectivity index (χ0) is 14.7. The van der Waals surface area contributed by atoms with Crippen molar-refractivity contribution < 1.29 is 4.79 Å². The highest BCUT2D eigenvalue weighted by molar-refractivity contribution is 6.30. The van der Waals surface area contributed by atoms with Gasteiger partial charge in [0.25, 0.3) is 5.91 Å². The van der Waals surface area contributed by atoms with Crippen molar-refractivity contribution in [3.8, 4) is 0 Å². The molecule has 2 rings (SSSR count). The van der Waals surface area contributed by atoms with E-state index in [2.05, 4.69) is 30.8 Å². The Morgan fingerprint density at radius 1 is 1.15 bits per heavy atom. The van der Waals surface area contributed by atoms with Crippen LogP contribution in [0.15, 0.2) is 12.1 Å². The first kappa shape index (κ1) is 14.1. The van der Waals surface area contributed by atoms with Gasteiger partial charge >= 0.3 is 0 Å². The molecule has 2 N–H and O–H groups in total. The topological polar surface area (TPSA) is 92.7 Å². The molecular formula is C12H13ClN6O. The van der Waals surface area contributed by atoms with Crippen LogP contribution in [-0.2, 0) is 0 Å². The molecule has 104 valence electrons. The Labute approximate surface area is 120 Å². The molecular weight excluding hydrogens is 280 g/mol. The van der Waals surface area contributed by atoms with Crippen molar-refractivity contribution in [1.29, 1.82) is 0 Å². The van der Waals surface area contributed by atoms with Crippen LogP contribution in [0.4, 0.5) is 11.8 Å². The zero-order valence-corrected chi connectivity index (χ0v) is 12.0. The quantitative estimate of drug-likeness (QED) is 0.839. The van der Waals surface area contributed by atoms with Crippen LogP contribution in [-0.4, -0.2) is 33.1 Å². The second kappa shape index (κ2) is 5.79. The maximum Gasteiger partial charge on any atom is 0.258 e. The second-order valence-corrected chi connectivity index (χ2v) is 4.46. The van der Waals surface area contributed by atoms with Gasteiger partial charge in [0.2, 0.25) is 5.95 Å². The number of aryl methyl sites for hydroxylation is 2. The van der Waals surface area contributed by atoms with Crippen LogP contribution < -0.4 is 10.6 Å². The summed E-state index contributed by atoms with van der Waals surface area (Å²) in [6, 6.07) is 3.04. The molecule has 2 aromatic heterocycles. The van der Waals surface area contributed by atoms with E-state index in [9.17, 15) is 4.79 Å². The van der Waals surface area contributed by atoms with Crippen molar-refractivity contribution in [2.75, 3.05) is 17.7 Å². The standard InChI is InChI=1S/C12H13ClN6O/c1-6-7(2)18-19-12(15-6)17-11(20)8-4-9(13)16-10(5-8)14-3/h4-5H,1-3H3,(H,14,16)(H,15,17,19,20). The molecule has 0 aromatic carbocycles. The number of amides is 1. The maximum absolute atomic E-state index is 12.1. The molecule has 0 aliphatic heterocycles. The van der Waals surface area contributed by atoms with E-state index in [1.165, 1.54) is 6.07 Å². The number of anilines is 2. The number of rotatable bonds is 3. The molecule has 0 radical (unpaired) electrons. The van der Waals surface area contributed by atoms with Crippen LogP contribution in [0.1, 0.15) is 21.7 Å². The first-order chi connectivity index (χ1) is 9.49. The van der Waals surface area contributed by atoms with Gasteiger partial charge in [-0.25, -0.2) is 9.97 Å². The predicted octanol–water partition coefficient (Wildman–Crippen LogP) is 1.83. The number of nitrogens with one attached hydrogen (secondary N) is 2. The van der Waals surface area contributed by atoms with E-state index in [0.29, 0.717) is 22.8 Å². The molecule has 0 spiro atoms. The number of pyridine rings is 1. The van der Waals surface area contributed by atoms with Gasteiger partial charge in [0, 0.05) is 12.6 Å². The zero-order valence-electron chi connectivity index (χ0n) is 11.2. The predicted molar refractivity (Wildman–Crippen MR) is 76.0 cm³/mol. The lowest BCUT2D eigenvalue weighted by Crippen LogP contribution is -2.16. The van der Waals surface area contributed by atoms with Gasteiger partial charge in [-0.05, 0) is 26.0 Å². The minimum Gasteiger partial charge on any atom is -0.373 e. The normalized spacial score (nSPS) is 10.2. The number of nitrogens with zero attached hydrogens (tertiary/aromatic N) is 4. The van der Waals surface area contributed by atoms with Crippen LogP contribution in [0, 0.1) is 13.8 Å². The summed E-state index contributed by atoms with van der Waals surface area (Å²) in [5, 5.41) is 13.3. The van der Waals surface area contributed by atoms with Crippen molar-refractivity contribution in [1.82, 2.24) is 20.2 Å². The fraction of sp³-hybridized carbons (Fsp3) is 0.250. The molecule has 0 aliphatic carbocycles. The van der Waals surface area contributed by atoms with Crippen LogP contribution in [0.25, 0.3) is 0 Å². The van der Waals surface area contributed by atoms with Gasteiger partial charge < -0.3 is 5.32 Å². The molecule has 1 amide bonds. The van der Waals surface area contributed by atoms with Gasteiger partial charge in [-0.1, -0.05) is 11.6 Å². The molecule has 0 saturated carbocycles. The Morgan fingerprint density at radius 3 is 2.55 bits per heavy atom. The Kier molecular flexibility index (Phi) is 4.09. The summed E-state index contributed by atoms with van der Waals surface area (Å²) in [5.41, 5.74) is 1.78. The largest absolute Gasteiger partial charge is 0.373 e. The molecule has 0 unspecified atom stereocenters. The summed E-state index contributed by atoms with van der Waals surface area (Å²) in [6.07, 6.45) is 0. The average Bonchev–Trinajstić information content (AvgIpc) is 2.42. The average molecular weight is 293 g/mol. The van der Waals surface area contributed by atoms with E-state index in [1.807, 2.05) is 0 Å². The van der Waals surface area contributed by atoms with Gasteiger partial charge in [0.1, 0.15) is 11.0 Å². The van der Waals surface area contributed by atoms with E-state index in [-0.39, 0.29) is 17.0 Å². The number of hydrogen-bond donors (Lipinski definition) is 2. The molecule has 0 saturated heterocycles. The Hall–Kier alpha value is -2.28. The highest BCUT2D eigenvalue weighted by atomic mass is 35.5. The Morgan fingerprint density at radius 2 is 1.90 bits per heavy atom. The highest BCUT2D eigenvalue weighted by Crippen LogP contribution is 2.15. The molecule has 2 heterocycles. The van der Waals surface area contributed by atoms with Crippen LogP contribution in [0.2, 0.25) is 5.15 Å². The molecule has 0 bridgehead atoms. The summed E-state index contributed by atoms with van der Waals surface area (Å²) < 4.78 is 0. The Bertz CT molecular complexity index is 660. The summed E-state index contributed by atoms with van der Waals surface area (Å²) in [7, 11) is 1.69. The number of hydrogen-bond acceptors (Lipinski definition) is 6. The number of carbonyl (C=O) groups excluding carboxylic acids is 1. The molecule has 2 aromatic rings. The van der Waals surface area contributed by atoms with E-state index < -0.39 is 0 Å². The van der Waals surface area contributed by atoms with E-state index in [0.717, 1.165) is 0 Å². The molecule has 20 heavy (non-hydrogen) atoms. The third-order valence-corrected chi connectivity index (χ3v) is 2.82. The SMILES string of the molecule is CNc1cc(C(=O)Nc2nnc(C)c(C)n2)cc(Cl)n1. The minimum absolute atomic E-state index is 0.150. The van der Waals surface area contributed by atoms with Crippen LogP contribution in [0.5, 0.6) is 0 Å². The van der Waals surface area contributed by atoms with Gasteiger partial charge in [-0.2, -0.15) is 5.10 Å². The summed E-state index contributed by atoms with van der Waals surface area (Å²) in [6.45, 7) is 3.59. The van der Waals surface area contributed by atoms with Gasteiger partial charge in [0.05, 0.1) is 11.4 Å². The lowest BCUT2D eigenvalue weighted by atomic mass is 10.2. The van der Waals surface area contributed by atoms with Crippen molar-refractivity contribution in [3.63, 3.8) is 0 Å². The first-order valence-corrected chi connectivity index (χ1v) is 6.22.